The van der Waals surface area contributed by atoms with Gasteiger partial charge in [0.25, 0.3) is 5.91 Å². The highest BCUT2D eigenvalue weighted by atomic mass is 32.2. The molecule has 0 unspecified atom stereocenters. The highest BCUT2D eigenvalue weighted by Crippen LogP contribution is 2.44. The first-order valence-corrected chi connectivity index (χ1v) is 27.7. The first kappa shape index (κ1) is 52.3. The molecule has 380 valence electrons. The molecule has 1 atom stereocenters. The van der Waals surface area contributed by atoms with Gasteiger partial charge in [0.2, 0.25) is 0 Å². The van der Waals surface area contributed by atoms with Crippen molar-refractivity contribution >= 4 is 73.6 Å². The van der Waals surface area contributed by atoms with Crippen molar-refractivity contribution in [2.45, 2.75) is 128 Å². The zero-order valence-corrected chi connectivity index (χ0v) is 42.8. The Kier molecular flexibility index (Phi) is 18.6. The minimum Gasteiger partial charge on any atom is -0.481 e. The van der Waals surface area contributed by atoms with Crippen LogP contribution in [0, 0.1) is 0 Å². The molecule has 1 aliphatic heterocycles. The molecule has 4 aromatic carbocycles. The summed E-state index contributed by atoms with van der Waals surface area (Å²) in [5, 5.41) is 16.0. The second-order valence-corrected chi connectivity index (χ2v) is 20.8. The molecule has 1 amide bonds. The summed E-state index contributed by atoms with van der Waals surface area (Å²) in [4.78, 5) is 39.2. The summed E-state index contributed by atoms with van der Waals surface area (Å²) in [5.41, 5.74) is 5.73. The number of nitrogens with zero attached hydrogens (tertiary/aromatic N) is 2. The van der Waals surface area contributed by atoms with E-state index in [9.17, 15) is 22.8 Å². The Labute approximate surface area is 428 Å². The Morgan fingerprint density at radius 2 is 1.49 bits per heavy atom. The first-order chi connectivity index (χ1) is 35.1. The average molecular weight is 1020 g/mol. The van der Waals surface area contributed by atoms with Gasteiger partial charge >= 0.3 is 12.1 Å². The normalized spacial score (nSPS) is 13.8. The average Bonchev–Trinajstić information content (AvgIpc) is 4.24. The fourth-order valence-corrected chi connectivity index (χ4v) is 11.9. The molecule has 9 rings (SSSR count). The Bertz CT molecular complexity index is 2980. The maximum Gasteiger partial charge on any atom is 0.416 e. The van der Waals surface area contributed by atoms with Crippen molar-refractivity contribution < 1.29 is 32.3 Å². The van der Waals surface area contributed by atoms with Crippen LogP contribution in [0.4, 0.5) is 19.0 Å². The molecule has 1 saturated heterocycles. The van der Waals surface area contributed by atoms with Gasteiger partial charge in [0.1, 0.15) is 22.1 Å². The number of fused-ring (bicyclic) bond motifs is 3. The summed E-state index contributed by atoms with van der Waals surface area (Å²) in [6.07, 6.45) is 16.5. The lowest BCUT2D eigenvalue weighted by molar-refractivity contribution is -0.138. The van der Waals surface area contributed by atoms with E-state index < -0.39 is 17.7 Å². The largest absolute Gasteiger partial charge is 0.481 e. The Morgan fingerprint density at radius 3 is 2.25 bits per heavy atom. The van der Waals surface area contributed by atoms with Crippen LogP contribution in [0.25, 0.3) is 53.9 Å². The van der Waals surface area contributed by atoms with Crippen molar-refractivity contribution in [2.24, 2.45) is 0 Å². The SMILES string of the molecule is CCCCCCCCCCNc1[nH]c2ccccc2c1[C@@H]1CSCN1C(=O)c1nc(-c2cc3ccccc3[nH]2)sc1-c1cccc(C(F)(F)F)c1.O=C(O)CCCCCCCCCc1cccc2occc12. The third-order valence-electron chi connectivity index (χ3n) is 13.5. The number of nitrogens with one attached hydrogen (secondary N) is 3. The van der Waals surface area contributed by atoms with Crippen molar-refractivity contribution in [1.82, 2.24) is 19.9 Å². The van der Waals surface area contributed by atoms with E-state index in [2.05, 4.69) is 40.4 Å². The predicted molar refractivity (Wildman–Crippen MR) is 290 cm³/mol. The van der Waals surface area contributed by atoms with E-state index in [0.717, 1.165) is 89.6 Å². The molecule has 0 spiro atoms. The molecule has 1 fully saturated rings. The molecule has 0 aliphatic carbocycles. The van der Waals surface area contributed by atoms with Gasteiger partial charge in [0.05, 0.1) is 34.3 Å². The van der Waals surface area contributed by atoms with Crippen LogP contribution in [0.1, 0.15) is 143 Å². The molecule has 1 aliphatic rings. The number of aryl methyl sites for hydroxylation is 1. The number of hydrogen-bond donors (Lipinski definition) is 4. The van der Waals surface area contributed by atoms with E-state index in [4.69, 9.17) is 14.5 Å². The second-order valence-electron chi connectivity index (χ2n) is 18.8. The van der Waals surface area contributed by atoms with Crippen LogP contribution >= 0.6 is 23.1 Å². The van der Waals surface area contributed by atoms with Gasteiger partial charge in [-0.3, -0.25) is 9.59 Å². The number of amides is 1. The molecule has 4 N–H and O–H groups in total. The van der Waals surface area contributed by atoms with E-state index >= 15 is 0 Å². The van der Waals surface area contributed by atoms with Crippen LogP contribution in [0.3, 0.4) is 0 Å². The summed E-state index contributed by atoms with van der Waals surface area (Å²) in [5.74, 6) is 1.08. The van der Waals surface area contributed by atoms with E-state index in [-0.39, 0.29) is 17.6 Å². The summed E-state index contributed by atoms with van der Waals surface area (Å²) in [6, 6.07) is 31.1. The van der Waals surface area contributed by atoms with Gasteiger partial charge in [-0.2, -0.15) is 13.2 Å². The van der Waals surface area contributed by atoms with Gasteiger partial charge in [-0.15, -0.1) is 23.1 Å². The number of halogens is 3. The number of carboxylic acid groups (broad SMARTS) is 1. The number of aliphatic carboxylic acids is 1. The molecule has 0 bridgehead atoms. The van der Waals surface area contributed by atoms with Crippen LogP contribution in [-0.2, 0) is 17.4 Å². The van der Waals surface area contributed by atoms with Gasteiger partial charge in [-0.25, -0.2) is 4.98 Å². The lowest BCUT2D eigenvalue weighted by Crippen LogP contribution is -2.32. The number of alkyl halides is 3. The molecular formula is C58H66F3N5O4S2. The summed E-state index contributed by atoms with van der Waals surface area (Å²) >= 11 is 2.90. The van der Waals surface area contributed by atoms with E-state index in [1.807, 2.05) is 65.6 Å². The molecule has 0 saturated carbocycles. The van der Waals surface area contributed by atoms with Gasteiger partial charge in [0.15, 0.2) is 0 Å². The number of H-pyrrole nitrogens is 2. The lowest BCUT2D eigenvalue weighted by atomic mass is 10.0. The number of anilines is 1. The van der Waals surface area contributed by atoms with E-state index in [0.29, 0.717) is 39.2 Å². The molecule has 0 radical (unpaired) electrons. The number of para-hydroxylation sites is 2. The Morgan fingerprint density at radius 1 is 0.778 bits per heavy atom. The van der Waals surface area contributed by atoms with Crippen LogP contribution < -0.4 is 5.32 Å². The van der Waals surface area contributed by atoms with Gasteiger partial charge in [-0.1, -0.05) is 145 Å². The zero-order chi connectivity index (χ0) is 50.3. The number of furan rings is 1. The smallest absolute Gasteiger partial charge is 0.416 e. The maximum absolute atomic E-state index is 14.7. The van der Waals surface area contributed by atoms with E-state index in [1.165, 1.54) is 99.0 Å². The molecule has 4 aromatic heterocycles. The van der Waals surface area contributed by atoms with Gasteiger partial charge < -0.3 is 29.7 Å². The summed E-state index contributed by atoms with van der Waals surface area (Å²) in [7, 11) is 0. The van der Waals surface area contributed by atoms with E-state index in [1.54, 1.807) is 24.1 Å². The summed E-state index contributed by atoms with van der Waals surface area (Å²) in [6.45, 7) is 3.06. The van der Waals surface area contributed by atoms with Gasteiger partial charge in [-0.05, 0) is 79.3 Å². The first-order valence-electron chi connectivity index (χ1n) is 25.8. The quantitative estimate of drug-likeness (QED) is 0.0444. The van der Waals surface area contributed by atoms with Crippen molar-refractivity contribution in [1.29, 1.82) is 0 Å². The third kappa shape index (κ3) is 13.5. The summed E-state index contributed by atoms with van der Waals surface area (Å²) < 4.78 is 47.0. The Hall–Kier alpha value is -5.99. The monoisotopic (exact) mass is 1020 g/mol. The number of carbonyl (C=O) groups is 2. The number of thioether (sulfide) groups is 1. The third-order valence-corrected chi connectivity index (χ3v) is 15.7. The predicted octanol–water partition coefficient (Wildman–Crippen LogP) is 17.1. The lowest BCUT2D eigenvalue weighted by Gasteiger charge is -2.25. The number of carbonyl (C=O) groups excluding carboxylic acids is 1. The number of aromatic nitrogens is 3. The highest BCUT2D eigenvalue weighted by Gasteiger charge is 2.38. The van der Waals surface area contributed by atoms with Gasteiger partial charge in [0, 0.05) is 51.5 Å². The topological polar surface area (TPSA) is 127 Å². The fraction of sp³-hybridized carbons (Fsp3) is 0.397. The number of unbranched alkanes of at least 4 members (excludes halogenated alkanes) is 13. The molecule has 14 heteroatoms. The van der Waals surface area contributed by atoms with Crippen molar-refractivity contribution in [3.8, 4) is 21.1 Å². The Balaban J connectivity index is 0.000000276. The second kappa shape index (κ2) is 25.6. The number of benzene rings is 4. The van der Waals surface area contributed by atoms with Crippen LogP contribution in [0.5, 0.6) is 0 Å². The number of thiazole rings is 1. The number of aromatic amines is 2. The number of rotatable bonds is 24. The van der Waals surface area contributed by atoms with Crippen LogP contribution in [0.2, 0.25) is 0 Å². The van der Waals surface area contributed by atoms with Crippen molar-refractivity contribution in [3.05, 3.63) is 132 Å². The fourth-order valence-electron chi connectivity index (χ4n) is 9.69. The number of hydrogen-bond acceptors (Lipinski definition) is 7. The standard InChI is InChI=1S/C40H42F3N5OS2.C18H24O3/c1-2-3-4-5-6-7-8-13-21-44-37-34(29-18-10-12-20-31(29)46-37)33-24-50-25-48(33)39(49)35-36(27-16-14-17-28(22-27)40(41,42)43)51-38(47-35)32-23-26-15-9-11-19-30(26)45-32;19-18(20)12-7-5-3-1-2-4-6-9-15-10-8-11-17-16(15)13-14-21-17/h9-12,14-20,22-23,33,44-46H,2-8,13,21,24-25H2,1H3;8,10-11,13-14H,1-7,9,12H2,(H,19,20)/t33-;/m0./s1. The maximum atomic E-state index is 14.7. The van der Waals surface area contributed by atoms with Crippen LogP contribution in [0.15, 0.2) is 114 Å². The van der Waals surface area contributed by atoms with Crippen molar-refractivity contribution in [3.63, 3.8) is 0 Å². The number of carboxylic acids is 1. The molecular weight excluding hydrogens is 952 g/mol. The van der Waals surface area contributed by atoms with Crippen LogP contribution in [-0.4, -0.2) is 55.0 Å². The highest BCUT2D eigenvalue weighted by molar-refractivity contribution is 7.99. The minimum atomic E-state index is -4.52. The van der Waals surface area contributed by atoms with Crippen molar-refractivity contribution in [2.75, 3.05) is 23.5 Å². The molecule has 9 nitrogen and oxygen atoms in total. The molecule has 5 heterocycles. The molecule has 8 aromatic rings. The minimum absolute atomic E-state index is 0.161. The zero-order valence-electron chi connectivity index (χ0n) is 41.1. The molecule has 72 heavy (non-hydrogen) atoms.